The predicted molar refractivity (Wildman–Crippen MR) is 69.4 cm³/mol. The number of benzene rings is 1. The number of rotatable bonds is 2. The summed E-state index contributed by atoms with van der Waals surface area (Å²) >= 11 is 0. The fourth-order valence-electron chi connectivity index (χ4n) is 2.81. The van der Waals surface area contributed by atoms with E-state index >= 15 is 0 Å². The van der Waals surface area contributed by atoms with Gasteiger partial charge in [0.2, 0.25) is 0 Å². The molecule has 18 heavy (non-hydrogen) atoms. The van der Waals surface area contributed by atoms with Crippen LogP contribution >= 0.6 is 0 Å². The first kappa shape index (κ1) is 11.5. The van der Waals surface area contributed by atoms with Gasteiger partial charge in [0.15, 0.2) is 0 Å². The highest BCUT2D eigenvalue weighted by molar-refractivity contribution is 6.01. The number of nitrogens with two attached hydrogens (primary N) is 1. The normalized spacial score (nSPS) is 23.2. The Morgan fingerprint density at radius 1 is 1.44 bits per heavy atom. The Morgan fingerprint density at radius 2 is 2.33 bits per heavy atom. The fraction of sp³-hybridized carbons (Fsp3) is 0.500. The van der Waals surface area contributed by atoms with E-state index in [0.29, 0.717) is 17.8 Å². The summed E-state index contributed by atoms with van der Waals surface area (Å²) in [6.45, 7) is 2.30. The van der Waals surface area contributed by atoms with Gasteiger partial charge in [-0.05, 0) is 30.9 Å². The molecule has 4 heteroatoms. The lowest BCUT2D eigenvalue weighted by Gasteiger charge is -2.31. The number of ether oxygens (including phenoxy) is 1. The highest BCUT2D eigenvalue weighted by atomic mass is 16.5. The third kappa shape index (κ3) is 1.97. The van der Waals surface area contributed by atoms with E-state index in [2.05, 4.69) is 0 Å². The summed E-state index contributed by atoms with van der Waals surface area (Å²) in [5.74, 6) is 0.0600. The molecule has 2 N–H and O–H groups in total. The molecule has 2 aliphatic rings. The van der Waals surface area contributed by atoms with Crippen molar-refractivity contribution in [3.05, 3.63) is 29.3 Å². The zero-order valence-electron chi connectivity index (χ0n) is 10.4. The Balaban J connectivity index is 1.80. The van der Waals surface area contributed by atoms with Crippen molar-refractivity contribution in [2.45, 2.75) is 25.4 Å². The van der Waals surface area contributed by atoms with E-state index in [9.17, 15) is 4.79 Å². The van der Waals surface area contributed by atoms with Gasteiger partial charge in [0, 0.05) is 25.4 Å². The molecule has 96 valence electrons. The molecule has 2 aliphatic heterocycles. The first-order valence-electron chi connectivity index (χ1n) is 6.54. The third-order valence-electron chi connectivity index (χ3n) is 3.78. The van der Waals surface area contributed by atoms with Gasteiger partial charge in [-0.3, -0.25) is 4.79 Å². The fourth-order valence-corrected chi connectivity index (χ4v) is 2.81. The van der Waals surface area contributed by atoms with Crippen LogP contribution in [0.5, 0.6) is 0 Å². The molecule has 0 radical (unpaired) electrons. The van der Waals surface area contributed by atoms with E-state index in [1.807, 2.05) is 17.0 Å². The van der Waals surface area contributed by atoms with Crippen molar-refractivity contribution in [3.63, 3.8) is 0 Å². The Kier molecular flexibility index (Phi) is 2.96. The summed E-state index contributed by atoms with van der Waals surface area (Å²) in [5.41, 5.74) is 8.28. The minimum atomic E-state index is 0.0600. The van der Waals surface area contributed by atoms with E-state index in [1.165, 1.54) is 0 Å². The van der Waals surface area contributed by atoms with Gasteiger partial charge in [0.1, 0.15) is 0 Å². The highest BCUT2D eigenvalue weighted by Gasteiger charge is 2.29. The van der Waals surface area contributed by atoms with Crippen LogP contribution in [0, 0.1) is 0 Å². The van der Waals surface area contributed by atoms with Crippen LogP contribution in [0.1, 0.15) is 28.8 Å². The van der Waals surface area contributed by atoms with Crippen LogP contribution in [0.2, 0.25) is 0 Å². The number of anilines is 1. The predicted octanol–water partition coefficient (Wildman–Crippen LogP) is 1.45. The highest BCUT2D eigenvalue weighted by Crippen LogP contribution is 2.25. The second-order valence-corrected chi connectivity index (χ2v) is 5.02. The summed E-state index contributed by atoms with van der Waals surface area (Å²) < 4.78 is 5.60. The minimum absolute atomic E-state index is 0.0600. The van der Waals surface area contributed by atoms with E-state index in [-0.39, 0.29) is 12.0 Å². The molecule has 0 aliphatic carbocycles. The van der Waals surface area contributed by atoms with Gasteiger partial charge in [-0.25, -0.2) is 0 Å². The van der Waals surface area contributed by atoms with Gasteiger partial charge in [-0.15, -0.1) is 0 Å². The van der Waals surface area contributed by atoms with E-state index < -0.39 is 0 Å². The molecule has 1 atom stereocenters. The monoisotopic (exact) mass is 246 g/mol. The Hall–Kier alpha value is -1.55. The number of amides is 1. The summed E-state index contributed by atoms with van der Waals surface area (Å²) in [5, 5.41) is 0. The quantitative estimate of drug-likeness (QED) is 0.803. The summed E-state index contributed by atoms with van der Waals surface area (Å²) in [7, 11) is 0. The number of nitrogen functional groups attached to an aromatic ring is 1. The molecule has 4 nitrogen and oxygen atoms in total. The van der Waals surface area contributed by atoms with Crippen LogP contribution in [-0.4, -0.2) is 36.6 Å². The maximum atomic E-state index is 12.4. The van der Waals surface area contributed by atoms with Crippen molar-refractivity contribution < 1.29 is 9.53 Å². The molecule has 1 amide bonds. The first-order valence-corrected chi connectivity index (χ1v) is 6.54. The second-order valence-electron chi connectivity index (χ2n) is 5.02. The van der Waals surface area contributed by atoms with Crippen LogP contribution in [0.4, 0.5) is 5.69 Å². The largest absolute Gasteiger partial charge is 0.398 e. The van der Waals surface area contributed by atoms with E-state index in [0.717, 1.165) is 38.0 Å². The molecule has 1 unspecified atom stereocenters. The Morgan fingerprint density at radius 3 is 3.11 bits per heavy atom. The lowest BCUT2D eigenvalue weighted by atomic mass is 9.97. The first-order chi connectivity index (χ1) is 8.75. The van der Waals surface area contributed by atoms with Gasteiger partial charge in [0.25, 0.3) is 5.91 Å². The molecule has 0 saturated carbocycles. The molecule has 1 fully saturated rings. The molecule has 1 aromatic rings. The van der Waals surface area contributed by atoms with Gasteiger partial charge in [-0.2, -0.15) is 0 Å². The molecule has 2 heterocycles. The van der Waals surface area contributed by atoms with Crippen molar-refractivity contribution in [3.8, 4) is 0 Å². The molecular weight excluding hydrogens is 228 g/mol. The number of carbonyl (C=O) groups is 1. The lowest BCUT2D eigenvalue weighted by Crippen LogP contribution is -2.42. The minimum Gasteiger partial charge on any atom is -0.398 e. The van der Waals surface area contributed by atoms with E-state index in [4.69, 9.17) is 10.5 Å². The molecule has 1 saturated heterocycles. The average molecular weight is 246 g/mol. The smallest absolute Gasteiger partial charge is 0.256 e. The van der Waals surface area contributed by atoms with Gasteiger partial charge in [0.05, 0.1) is 11.7 Å². The zero-order chi connectivity index (χ0) is 12.5. The third-order valence-corrected chi connectivity index (χ3v) is 3.78. The van der Waals surface area contributed by atoms with Crippen molar-refractivity contribution in [1.82, 2.24) is 4.90 Å². The number of nitrogens with zero attached hydrogens (tertiary/aromatic N) is 1. The second kappa shape index (κ2) is 4.61. The summed E-state index contributed by atoms with van der Waals surface area (Å²) in [6.07, 6.45) is 3.26. The molecule has 3 rings (SSSR count). The van der Waals surface area contributed by atoms with Crippen molar-refractivity contribution in [2.24, 2.45) is 0 Å². The molecule has 0 aromatic heterocycles. The summed E-state index contributed by atoms with van der Waals surface area (Å²) in [4.78, 5) is 14.3. The van der Waals surface area contributed by atoms with Crippen molar-refractivity contribution in [1.29, 1.82) is 0 Å². The van der Waals surface area contributed by atoms with Gasteiger partial charge in [-0.1, -0.05) is 12.1 Å². The van der Waals surface area contributed by atoms with Crippen LogP contribution in [0.15, 0.2) is 18.2 Å². The standard InChI is InChI=1S/C14H18N2O2/c15-12-5-1-3-10-6-7-16(14(17)13(10)12)9-11-4-2-8-18-11/h1,3,5,11H,2,4,6-9,15H2. The Bertz CT molecular complexity index is 467. The number of fused-ring (bicyclic) bond motifs is 1. The van der Waals surface area contributed by atoms with Crippen LogP contribution < -0.4 is 5.73 Å². The average Bonchev–Trinajstić information content (AvgIpc) is 2.86. The summed E-state index contributed by atoms with van der Waals surface area (Å²) in [6, 6.07) is 5.70. The van der Waals surface area contributed by atoms with Crippen LogP contribution in [0.3, 0.4) is 0 Å². The maximum Gasteiger partial charge on any atom is 0.256 e. The van der Waals surface area contributed by atoms with Crippen molar-refractivity contribution in [2.75, 3.05) is 25.4 Å². The number of carbonyl (C=O) groups excluding carboxylic acids is 1. The molecular formula is C14H18N2O2. The Labute approximate surface area is 107 Å². The lowest BCUT2D eigenvalue weighted by molar-refractivity contribution is 0.0511. The van der Waals surface area contributed by atoms with Crippen LogP contribution in [-0.2, 0) is 11.2 Å². The van der Waals surface area contributed by atoms with Gasteiger partial charge >= 0.3 is 0 Å². The molecule has 1 aromatic carbocycles. The van der Waals surface area contributed by atoms with Crippen LogP contribution in [0.25, 0.3) is 0 Å². The number of hydrogen-bond acceptors (Lipinski definition) is 3. The van der Waals surface area contributed by atoms with Gasteiger partial charge < -0.3 is 15.4 Å². The zero-order valence-corrected chi connectivity index (χ0v) is 10.4. The number of hydrogen-bond donors (Lipinski definition) is 1. The SMILES string of the molecule is Nc1cccc2c1C(=O)N(CC1CCCO1)CC2. The molecule has 0 spiro atoms. The maximum absolute atomic E-state index is 12.4. The molecule has 0 bridgehead atoms. The van der Waals surface area contributed by atoms with Crippen molar-refractivity contribution >= 4 is 11.6 Å². The van der Waals surface area contributed by atoms with E-state index in [1.54, 1.807) is 6.07 Å². The topological polar surface area (TPSA) is 55.6 Å².